The van der Waals surface area contributed by atoms with Crippen LogP contribution in [-0.2, 0) is 4.79 Å². The number of aromatic amines is 1. The van der Waals surface area contributed by atoms with E-state index < -0.39 is 5.97 Å². The van der Waals surface area contributed by atoms with Crippen molar-refractivity contribution in [2.75, 3.05) is 5.32 Å². The second kappa shape index (κ2) is 4.10. The van der Waals surface area contributed by atoms with Gasteiger partial charge in [-0.15, -0.1) is 0 Å². The molecular formula is C11H9ClN2O3. The molecule has 6 heteroatoms. The zero-order valence-corrected chi connectivity index (χ0v) is 9.63. The summed E-state index contributed by atoms with van der Waals surface area (Å²) in [5.41, 5.74) is 0.771. The number of amides is 1. The van der Waals surface area contributed by atoms with Crippen LogP contribution in [0.1, 0.15) is 17.4 Å². The molecular weight excluding hydrogens is 244 g/mol. The van der Waals surface area contributed by atoms with Gasteiger partial charge in [0, 0.05) is 22.8 Å². The number of halogens is 1. The maximum Gasteiger partial charge on any atom is 0.354 e. The van der Waals surface area contributed by atoms with Crippen LogP contribution in [0.3, 0.4) is 0 Å². The first-order chi connectivity index (χ1) is 7.99. The first kappa shape index (κ1) is 11.5. The number of aromatic nitrogens is 1. The number of fused-ring (bicyclic) bond motifs is 1. The van der Waals surface area contributed by atoms with E-state index in [1.165, 1.54) is 6.92 Å². The van der Waals surface area contributed by atoms with Crippen LogP contribution < -0.4 is 5.32 Å². The van der Waals surface area contributed by atoms with Crippen LogP contribution in [0, 0.1) is 0 Å². The quantitative estimate of drug-likeness (QED) is 0.768. The van der Waals surface area contributed by atoms with E-state index in [4.69, 9.17) is 16.7 Å². The fraction of sp³-hybridized carbons (Fsp3) is 0.0909. The van der Waals surface area contributed by atoms with Gasteiger partial charge in [-0.1, -0.05) is 11.6 Å². The molecule has 1 aromatic carbocycles. The van der Waals surface area contributed by atoms with E-state index in [2.05, 4.69) is 10.3 Å². The van der Waals surface area contributed by atoms with Crippen molar-refractivity contribution < 1.29 is 14.7 Å². The molecule has 0 spiro atoms. The number of anilines is 1. The van der Waals surface area contributed by atoms with E-state index in [0.29, 0.717) is 15.9 Å². The molecule has 1 heterocycles. The monoisotopic (exact) mass is 252 g/mol. The summed E-state index contributed by atoms with van der Waals surface area (Å²) in [6, 6.07) is 4.90. The highest BCUT2D eigenvalue weighted by atomic mass is 35.5. The topological polar surface area (TPSA) is 82.2 Å². The van der Waals surface area contributed by atoms with Crippen molar-refractivity contribution in [1.29, 1.82) is 0 Å². The summed E-state index contributed by atoms with van der Waals surface area (Å²) in [6.45, 7) is 1.32. The minimum absolute atomic E-state index is 0.0579. The number of hydrogen-bond donors (Lipinski definition) is 3. The number of nitrogens with one attached hydrogen (secondary N) is 2. The summed E-state index contributed by atoms with van der Waals surface area (Å²) in [6.07, 6.45) is 0. The number of hydrogen-bond acceptors (Lipinski definition) is 2. The molecule has 0 bridgehead atoms. The predicted molar refractivity (Wildman–Crippen MR) is 64.6 cm³/mol. The Morgan fingerprint density at radius 1 is 1.41 bits per heavy atom. The van der Waals surface area contributed by atoms with Crippen molar-refractivity contribution in [2.45, 2.75) is 6.92 Å². The van der Waals surface area contributed by atoms with Crippen LogP contribution in [0.4, 0.5) is 5.69 Å². The molecule has 0 aliphatic heterocycles. The van der Waals surface area contributed by atoms with Gasteiger partial charge in [0.2, 0.25) is 5.91 Å². The lowest BCUT2D eigenvalue weighted by Gasteiger charge is -2.01. The highest BCUT2D eigenvalue weighted by Gasteiger charge is 2.17. The molecule has 1 aromatic heterocycles. The van der Waals surface area contributed by atoms with Gasteiger partial charge in [-0.2, -0.15) is 0 Å². The molecule has 0 radical (unpaired) electrons. The molecule has 88 valence electrons. The standard InChI is InChI=1S/C11H9ClN2O3/c1-5(15)13-9-7-3-2-6(12)4-8(7)14-10(9)11(16)17/h2-4,14H,1H3,(H,13,15)(H,16,17). The van der Waals surface area contributed by atoms with Crippen molar-refractivity contribution in [3.8, 4) is 0 Å². The second-order valence-corrected chi connectivity index (χ2v) is 3.99. The number of aromatic carboxylic acids is 1. The number of carbonyl (C=O) groups is 2. The van der Waals surface area contributed by atoms with Crippen LogP contribution in [-0.4, -0.2) is 22.0 Å². The summed E-state index contributed by atoms with van der Waals surface area (Å²) in [4.78, 5) is 24.8. The van der Waals surface area contributed by atoms with E-state index in [1.54, 1.807) is 18.2 Å². The highest BCUT2D eigenvalue weighted by Crippen LogP contribution is 2.29. The molecule has 0 saturated heterocycles. The third-order valence-electron chi connectivity index (χ3n) is 2.28. The Hall–Kier alpha value is -2.01. The number of H-pyrrole nitrogens is 1. The van der Waals surface area contributed by atoms with Crippen molar-refractivity contribution >= 4 is 40.1 Å². The van der Waals surface area contributed by atoms with Gasteiger partial charge in [-0.25, -0.2) is 4.79 Å². The fourth-order valence-electron chi connectivity index (χ4n) is 1.64. The number of benzene rings is 1. The largest absolute Gasteiger partial charge is 0.477 e. The highest BCUT2D eigenvalue weighted by molar-refractivity contribution is 6.31. The molecule has 2 rings (SSSR count). The van der Waals surface area contributed by atoms with E-state index in [-0.39, 0.29) is 17.3 Å². The lowest BCUT2D eigenvalue weighted by molar-refractivity contribution is -0.114. The van der Waals surface area contributed by atoms with Gasteiger partial charge in [-0.3, -0.25) is 4.79 Å². The van der Waals surface area contributed by atoms with Gasteiger partial charge >= 0.3 is 5.97 Å². The molecule has 17 heavy (non-hydrogen) atoms. The van der Waals surface area contributed by atoms with E-state index in [1.807, 2.05) is 0 Å². The first-order valence-corrected chi connectivity index (χ1v) is 5.19. The summed E-state index contributed by atoms with van der Waals surface area (Å²) in [7, 11) is 0. The summed E-state index contributed by atoms with van der Waals surface area (Å²) in [5, 5.41) is 12.6. The zero-order chi connectivity index (χ0) is 12.6. The molecule has 2 aromatic rings. The normalized spacial score (nSPS) is 10.5. The molecule has 0 fully saturated rings. The van der Waals surface area contributed by atoms with Crippen molar-refractivity contribution in [1.82, 2.24) is 4.98 Å². The van der Waals surface area contributed by atoms with Crippen molar-refractivity contribution in [2.24, 2.45) is 0 Å². The Kier molecular flexibility index (Phi) is 2.77. The van der Waals surface area contributed by atoms with E-state index in [0.717, 1.165) is 0 Å². The van der Waals surface area contributed by atoms with Crippen LogP contribution in [0.5, 0.6) is 0 Å². The van der Waals surface area contributed by atoms with Gasteiger partial charge in [-0.05, 0) is 18.2 Å². The van der Waals surface area contributed by atoms with Crippen LogP contribution >= 0.6 is 11.6 Å². The molecule has 5 nitrogen and oxygen atoms in total. The minimum atomic E-state index is -1.14. The number of rotatable bonds is 2. The average molecular weight is 253 g/mol. The van der Waals surface area contributed by atoms with Crippen LogP contribution in [0.25, 0.3) is 10.9 Å². The lowest BCUT2D eigenvalue weighted by Crippen LogP contribution is -2.09. The average Bonchev–Trinajstić information content (AvgIpc) is 2.55. The van der Waals surface area contributed by atoms with Crippen LogP contribution in [0.15, 0.2) is 18.2 Å². The lowest BCUT2D eigenvalue weighted by atomic mass is 10.2. The molecule has 0 saturated carbocycles. The van der Waals surface area contributed by atoms with E-state index in [9.17, 15) is 9.59 Å². The Bertz CT molecular complexity index is 618. The third kappa shape index (κ3) is 2.09. The number of carboxylic acid groups (broad SMARTS) is 1. The maximum absolute atomic E-state index is 11.1. The first-order valence-electron chi connectivity index (χ1n) is 4.81. The van der Waals surface area contributed by atoms with Gasteiger partial charge in [0.25, 0.3) is 0 Å². The SMILES string of the molecule is CC(=O)Nc1c(C(=O)O)[nH]c2cc(Cl)ccc12. The summed E-state index contributed by atoms with van der Waals surface area (Å²) >= 11 is 5.81. The molecule has 0 aliphatic rings. The smallest absolute Gasteiger partial charge is 0.354 e. The Labute approximate surface area is 101 Å². The molecule has 0 aliphatic carbocycles. The van der Waals surface area contributed by atoms with Crippen molar-refractivity contribution in [3.63, 3.8) is 0 Å². The zero-order valence-electron chi connectivity index (χ0n) is 8.87. The predicted octanol–water partition coefficient (Wildman–Crippen LogP) is 2.48. The van der Waals surface area contributed by atoms with E-state index >= 15 is 0 Å². The van der Waals surface area contributed by atoms with Crippen LogP contribution in [0.2, 0.25) is 5.02 Å². The van der Waals surface area contributed by atoms with Crippen molar-refractivity contribution in [3.05, 3.63) is 28.9 Å². The third-order valence-corrected chi connectivity index (χ3v) is 2.51. The maximum atomic E-state index is 11.1. The Balaban J connectivity index is 2.71. The molecule has 1 amide bonds. The second-order valence-electron chi connectivity index (χ2n) is 3.55. The summed E-state index contributed by atoms with van der Waals surface area (Å²) < 4.78 is 0. The molecule has 0 unspecified atom stereocenters. The Morgan fingerprint density at radius 3 is 2.71 bits per heavy atom. The number of carbonyl (C=O) groups excluding carboxylic acids is 1. The minimum Gasteiger partial charge on any atom is -0.477 e. The molecule has 3 N–H and O–H groups in total. The summed E-state index contributed by atoms with van der Waals surface area (Å²) in [5.74, 6) is -1.47. The van der Waals surface area contributed by atoms with Gasteiger partial charge < -0.3 is 15.4 Å². The van der Waals surface area contributed by atoms with Gasteiger partial charge in [0.05, 0.1) is 5.69 Å². The molecule has 0 atom stereocenters. The van der Waals surface area contributed by atoms with Gasteiger partial charge in [0.15, 0.2) is 0 Å². The Morgan fingerprint density at radius 2 is 2.12 bits per heavy atom. The fourth-order valence-corrected chi connectivity index (χ4v) is 1.81. The van der Waals surface area contributed by atoms with Gasteiger partial charge in [0.1, 0.15) is 5.69 Å². The number of carboxylic acids is 1.